The second kappa shape index (κ2) is 9.67. The Balaban J connectivity index is 1.75. The molecule has 2 atom stereocenters. The molecule has 0 saturated carbocycles. The van der Waals surface area contributed by atoms with Crippen molar-refractivity contribution in [1.82, 2.24) is 10.2 Å². The van der Waals surface area contributed by atoms with Gasteiger partial charge in [-0.25, -0.2) is 4.39 Å². The maximum atomic E-state index is 13.3. The van der Waals surface area contributed by atoms with Crippen molar-refractivity contribution >= 4 is 5.96 Å². The Labute approximate surface area is 167 Å². The van der Waals surface area contributed by atoms with Crippen molar-refractivity contribution < 1.29 is 18.6 Å². The van der Waals surface area contributed by atoms with Gasteiger partial charge in [0.05, 0.1) is 24.8 Å². The van der Waals surface area contributed by atoms with E-state index in [0.29, 0.717) is 26.3 Å². The molecule has 2 aliphatic rings. The Kier molecular flexibility index (Phi) is 7.26. The van der Waals surface area contributed by atoms with Crippen LogP contribution >= 0.6 is 0 Å². The first-order chi connectivity index (χ1) is 13.5. The number of nitrogens with zero attached hydrogens (tertiary/aromatic N) is 2. The maximum absolute atomic E-state index is 13.3. The van der Waals surface area contributed by atoms with Gasteiger partial charge >= 0.3 is 0 Å². The van der Waals surface area contributed by atoms with E-state index < -0.39 is 0 Å². The largest absolute Gasteiger partial charge is 0.381 e. The number of nitrogens with one attached hydrogen (secondary N) is 1. The number of rotatable bonds is 5. The monoisotopic (exact) mass is 393 g/mol. The summed E-state index contributed by atoms with van der Waals surface area (Å²) in [4.78, 5) is 7.15. The van der Waals surface area contributed by atoms with Crippen LogP contribution in [-0.4, -0.2) is 69.1 Å². The molecule has 1 aromatic carbocycles. The van der Waals surface area contributed by atoms with E-state index in [-0.39, 0.29) is 23.6 Å². The van der Waals surface area contributed by atoms with Gasteiger partial charge in [0.1, 0.15) is 11.9 Å². The van der Waals surface area contributed by atoms with Crippen molar-refractivity contribution in [3.05, 3.63) is 35.6 Å². The van der Waals surface area contributed by atoms with Crippen LogP contribution in [0.4, 0.5) is 4.39 Å². The molecule has 0 spiro atoms. The molecule has 2 unspecified atom stereocenters. The second-order valence-electron chi connectivity index (χ2n) is 7.56. The van der Waals surface area contributed by atoms with Gasteiger partial charge in [0, 0.05) is 46.3 Å². The van der Waals surface area contributed by atoms with Crippen LogP contribution in [-0.2, 0) is 14.2 Å². The molecule has 0 aliphatic carbocycles. The summed E-state index contributed by atoms with van der Waals surface area (Å²) in [5.41, 5.74) is 0.722. The Morgan fingerprint density at radius 2 is 2.00 bits per heavy atom. The van der Waals surface area contributed by atoms with Crippen LogP contribution in [0.3, 0.4) is 0 Å². The summed E-state index contributed by atoms with van der Waals surface area (Å²) >= 11 is 0. The summed E-state index contributed by atoms with van der Waals surface area (Å²) in [6, 6.07) is 6.55. The lowest BCUT2D eigenvalue weighted by atomic mass is 9.94. The molecule has 2 heterocycles. The van der Waals surface area contributed by atoms with Gasteiger partial charge in [-0.05, 0) is 31.5 Å². The molecule has 1 aromatic rings. The van der Waals surface area contributed by atoms with Gasteiger partial charge in [0.15, 0.2) is 5.96 Å². The number of methoxy groups -OCH3 is 1. The highest BCUT2D eigenvalue weighted by Gasteiger charge is 2.33. The number of ether oxygens (including phenoxy) is 3. The third kappa shape index (κ3) is 5.21. The Hall–Kier alpha value is -1.70. The van der Waals surface area contributed by atoms with Crippen LogP contribution in [0.15, 0.2) is 29.3 Å². The first-order valence-corrected chi connectivity index (χ1v) is 10.1. The highest BCUT2D eigenvalue weighted by atomic mass is 19.1. The van der Waals surface area contributed by atoms with E-state index in [1.54, 1.807) is 19.2 Å². The Morgan fingerprint density at radius 3 is 2.64 bits per heavy atom. The average Bonchev–Trinajstić information content (AvgIpc) is 2.72. The van der Waals surface area contributed by atoms with Gasteiger partial charge in [-0.1, -0.05) is 12.1 Å². The number of hydrogen-bond donors (Lipinski definition) is 1. The van der Waals surface area contributed by atoms with Crippen LogP contribution < -0.4 is 5.32 Å². The fourth-order valence-corrected chi connectivity index (χ4v) is 3.80. The lowest BCUT2D eigenvalue weighted by Gasteiger charge is -2.39. The van der Waals surface area contributed by atoms with Crippen molar-refractivity contribution in [2.45, 2.75) is 44.5 Å². The van der Waals surface area contributed by atoms with Crippen LogP contribution in [0.2, 0.25) is 0 Å². The normalized spacial score (nSPS) is 25.6. The summed E-state index contributed by atoms with van der Waals surface area (Å²) < 4.78 is 30.7. The number of guanidine groups is 1. The summed E-state index contributed by atoms with van der Waals surface area (Å²) in [5.74, 6) is 0.633. The van der Waals surface area contributed by atoms with Crippen LogP contribution in [0, 0.1) is 5.82 Å². The zero-order valence-electron chi connectivity index (χ0n) is 17.1. The zero-order valence-corrected chi connectivity index (χ0v) is 17.1. The van der Waals surface area contributed by atoms with Gasteiger partial charge in [0.2, 0.25) is 0 Å². The number of morpholine rings is 1. The number of aliphatic imine (C=N–C) groups is 1. The predicted octanol–water partition coefficient (Wildman–Crippen LogP) is 2.75. The van der Waals surface area contributed by atoms with E-state index >= 15 is 0 Å². The molecular weight excluding hydrogens is 361 g/mol. The van der Waals surface area contributed by atoms with E-state index in [1.165, 1.54) is 12.1 Å². The minimum Gasteiger partial charge on any atom is -0.381 e. The minimum atomic E-state index is -0.257. The second-order valence-corrected chi connectivity index (χ2v) is 7.56. The number of hydrogen-bond acceptors (Lipinski definition) is 4. The molecule has 0 radical (unpaired) electrons. The van der Waals surface area contributed by atoms with Gasteiger partial charge < -0.3 is 24.4 Å². The average molecular weight is 394 g/mol. The SMILES string of the molecule is CCNC(=NCC1(OC)CCOCC1)N1CC(C)OC(c2ccc(F)cc2)C1. The Morgan fingerprint density at radius 1 is 1.29 bits per heavy atom. The molecule has 0 aromatic heterocycles. The van der Waals surface area contributed by atoms with E-state index in [2.05, 4.69) is 24.1 Å². The molecule has 0 amide bonds. The molecule has 7 heteroatoms. The minimum absolute atomic E-state index is 0.0483. The fraction of sp³-hybridized carbons (Fsp3) is 0.667. The molecule has 2 saturated heterocycles. The molecular formula is C21H32FN3O3. The number of halogens is 1. The van der Waals surface area contributed by atoms with E-state index in [1.807, 2.05) is 0 Å². The topological polar surface area (TPSA) is 55.3 Å². The zero-order chi connectivity index (χ0) is 20.0. The summed E-state index contributed by atoms with van der Waals surface area (Å²) in [7, 11) is 1.76. The van der Waals surface area contributed by atoms with E-state index in [9.17, 15) is 4.39 Å². The molecule has 0 bridgehead atoms. The van der Waals surface area contributed by atoms with Crippen LogP contribution in [0.5, 0.6) is 0 Å². The molecule has 156 valence electrons. The van der Waals surface area contributed by atoms with Crippen molar-refractivity contribution in [2.24, 2.45) is 4.99 Å². The van der Waals surface area contributed by atoms with Gasteiger partial charge in [0.25, 0.3) is 0 Å². The van der Waals surface area contributed by atoms with Crippen molar-refractivity contribution in [2.75, 3.05) is 46.5 Å². The third-order valence-electron chi connectivity index (χ3n) is 5.49. The van der Waals surface area contributed by atoms with Crippen molar-refractivity contribution in [3.63, 3.8) is 0 Å². The molecule has 2 fully saturated rings. The first-order valence-electron chi connectivity index (χ1n) is 10.1. The van der Waals surface area contributed by atoms with Gasteiger partial charge in [-0.3, -0.25) is 4.99 Å². The van der Waals surface area contributed by atoms with Crippen LogP contribution in [0.1, 0.15) is 38.4 Å². The lowest BCUT2D eigenvalue weighted by molar-refractivity contribution is -0.0833. The standard InChI is InChI=1S/C21H32FN3O3/c1-4-23-20(24-15-21(26-3)9-11-27-12-10-21)25-13-16(2)28-19(14-25)17-5-7-18(22)8-6-17/h5-8,16,19H,4,9-15H2,1-3H3,(H,23,24). The van der Waals surface area contributed by atoms with Gasteiger partial charge in [-0.2, -0.15) is 0 Å². The fourth-order valence-electron chi connectivity index (χ4n) is 3.80. The Bertz CT molecular complexity index is 647. The maximum Gasteiger partial charge on any atom is 0.194 e. The summed E-state index contributed by atoms with van der Waals surface area (Å²) in [6.45, 7) is 8.36. The molecule has 3 rings (SSSR count). The quantitative estimate of drug-likeness (QED) is 0.616. The van der Waals surface area contributed by atoms with Crippen molar-refractivity contribution in [1.29, 1.82) is 0 Å². The summed E-state index contributed by atoms with van der Waals surface area (Å²) in [5, 5.41) is 3.41. The third-order valence-corrected chi connectivity index (χ3v) is 5.49. The molecule has 1 N–H and O–H groups in total. The van der Waals surface area contributed by atoms with Gasteiger partial charge in [-0.15, -0.1) is 0 Å². The highest BCUT2D eigenvalue weighted by Crippen LogP contribution is 2.27. The van der Waals surface area contributed by atoms with E-state index in [4.69, 9.17) is 19.2 Å². The van der Waals surface area contributed by atoms with Crippen LogP contribution in [0.25, 0.3) is 0 Å². The molecule has 6 nitrogen and oxygen atoms in total. The number of benzene rings is 1. The smallest absolute Gasteiger partial charge is 0.194 e. The van der Waals surface area contributed by atoms with Crippen molar-refractivity contribution in [3.8, 4) is 0 Å². The highest BCUT2D eigenvalue weighted by molar-refractivity contribution is 5.80. The molecule has 2 aliphatic heterocycles. The first kappa shape index (κ1) is 21.0. The predicted molar refractivity (Wildman–Crippen MR) is 107 cm³/mol. The lowest BCUT2D eigenvalue weighted by Crippen LogP contribution is -2.51. The van der Waals surface area contributed by atoms with E-state index in [0.717, 1.165) is 37.5 Å². The molecule has 28 heavy (non-hydrogen) atoms. The summed E-state index contributed by atoms with van der Waals surface area (Å²) in [6.07, 6.45) is 1.63.